The zero-order valence-corrected chi connectivity index (χ0v) is 8.92. The van der Waals surface area contributed by atoms with Gasteiger partial charge in [-0.05, 0) is 6.07 Å². The van der Waals surface area contributed by atoms with E-state index in [9.17, 15) is 0 Å². The van der Waals surface area contributed by atoms with Gasteiger partial charge in [-0.3, -0.25) is 4.84 Å². The fourth-order valence-electron chi connectivity index (χ4n) is 0.797. The number of nitrogens with zero attached hydrogens (tertiary/aromatic N) is 1. The van der Waals surface area contributed by atoms with Crippen LogP contribution in [0.3, 0.4) is 0 Å². The molecule has 1 N–H and O–H groups in total. The summed E-state index contributed by atoms with van der Waals surface area (Å²) in [6.07, 6.45) is 1.58. The highest BCUT2D eigenvalue weighted by atomic mass is 35.5. The van der Waals surface area contributed by atoms with Gasteiger partial charge in [0.1, 0.15) is 0 Å². The summed E-state index contributed by atoms with van der Waals surface area (Å²) >= 11 is 11.3. The first-order valence-corrected chi connectivity index (χ1v) is 4.96. The molecule has 0 aliphatic rings. The Kier molecular flexibility index (Phi) is 5.37. The first kappa shape index (κ1) is 11.3. The van der Waals surface area contributed by atoms with E-state index in [0.717, 1.165) is 5.56 Å². The van der Waals surface area contributed by atoms with Gasteiger partial charge in [0.15, 0.2) is 0 Å². The van der Waals surface area contributed by atoms with Gasteiger partial charge in [0.25, 0.3) is 0 Å². The van der Waals surface area contributed by atoms with E-state index >= 15 is 0 Å². The van der Waals surface area contributed by atoms with Crippen LogP contribution in [0.25, 0.3) is 0 Å². The molecular weight excluding hydrogens is 223 g/mol. The summed E-state index contributed by atoms with van der Waals surface area (Å²) < 4.78 is 0. The largest absolute Gasteiger partial charge is 0.258 e. The van der Waals surface area contributed by atoms with Crippen LogP contribution in [0.2, 0.25) is 5.02 Å². The highest BCUT2D eigenvalue weighted by Crippen LogP contribution is 2.11. The molecule has 0 amide bonds. The van der Waals surface area contributed by atoms with Crippen LogP contribution in [0, 0.1) is 0 Å². The second kappa shape index (κ2) is 6.65. The van der Waals surface area contributed by atoms with E-state index in [1.807, 2.05) is 18.2 Å². The molecule has 0 atom stereocenters. The van der Waals surface area contributed by atoms with Gasteiger partial charge in [-0.1, -0.05) is 29.8 Å². The second-order valence-electron chi connectivity index (χ2n) is 2.41. The highest BCUT2D eigenvalue weighted by molar-refractivity contribution is 6.33. The summed E-state index contributed by atoms with van der Waals surface area (Å²) in [5.41, 5.74) is 3.22. The third-order valence-corrected chi connectivity index (χ3v) is 1.90. The van der Waals surface area contributed by atoms with Crippen LogP contribution < -0.4 is 5.59 Å². The molecule has 76 valence electrons. The Morgan fingerprint density at radius 1 is 1.43 bits per heavy atom. The zero-order valence-electron chi connectivity index (χ0n) is 7.41. The SMILES string of the molecule is ClCCONN=Cc1ccccc1Cl. The van der Waals surface area contributed by atoms with E-state index in [0.29, 0.717) is 17.5 Å². The molecule has 0 radical (unpaired) electrons. The summed E-state index contributed by atoms with van der Waals surface area (Å²) in [6.45, 7) is 0.404. The summed E-state index contributed by atoms with van der Waals surface area (Å²) in [7, 11) is 0. The predicted octanol–water partition coefficient (Wildman–Crippen LogP) is 2.43. The van der Waals surface area contributed by atoms with Gasteiger partial charge in [-0.15, -0.1) is 11.6 Å². The van der Waals surface area contributed by atoms with Crippen LogP contribution in [0.4, 0.5) is 0 Å². The summed E-state index contributed by atoms with van der Waals surface area (Å²) in [4.78, 5) is 4.82. The molecule has 1 aromatic rings. The molecule has 3 nitrogen and oxygen atoms in total. The Labute approximate surface area is 92.6 Å². The average Bonchev–Trinajstić information content (AvgIpc) is 2.20. The molecule has 5 heteroatoms. The minimum absolute atomic E-state index is 0.404. The number of benzene rings is 1. The molecule has 0 unspecified atom stereocenters. The van der Waals surface area contributed by atoms with Crippen molar-refractivity contribution in [2.24, 2.45) is 5.10 Å². The monoisotopic (exact) mass is 232 g/mol. The van der Waals surface area contributed by atoms with Crippen LogP contribution in [-0.4, -0.2) is 18.7 Å². The molecule has 0 saturated heterocycles. The van der Waals surface area contributed by atoms with Crippen molar-refractivity contribution >= 4 is 29.4 Å². The van der Waals surface area contributed by atoms with Crippen LogP contribution >= 0.6 is 23.2 Å². The lowest BCUT2D eigenvalue weighted by molar-refractivity contribution is 0.0551. The first-order valence-electron chi connectivity index (χ1n) is 4.05. The van der Waals surface area contributed by atoms with Gasteiger partial charge in [0.05, 0.1) is 12.8 Å². The van der Waals surface area contributed by atoms with Gasteiger partial charge in [0.2, 0.25) is 0 Å². The molecule has 0 heterocycles. The molecule has 0 aromatic heterocycles. The topological polar surface area (TPSA) is 33.6 Å². The standard InChI is InChI=1S/C9H10Cl2N2O/c10-5-6-14-13-12-7-8-3-1-2-4-9(8)11/h1-4,7,13H,5-6H2. The average molecular weight is 233 g/mol. The van der Waals surface area contributed by atoms with Crippen molar-refractivity contribution in [3.63, 3.8) is 0 Å². The molecule has 1 rings (SSSR count). The lowest BCUT2D eigenvalue weighted by Crippen LogP contribution is -2.09. The van der Waals surface area contributed by atoms with Crippen LogP contribution in [0.15, 0.2) is 29.4 Å². The number of alkyl halides is 1. The normalized spacial score (nSPS) is 10.7. The van der Waals surface area contributed by atoms with E-state index < -0.39 is 0 Å². The molecule has 0 spiro atoms. The Morgan fingerprint density at radius 2 is 2.21 bits per heavy atom. The van der Waals surface area contributed by atoms with Crippen molar-refractivity contribution in [2.45, 2.75) is 0 Å². The van der Waals surface area contributed by atoms with E-state index in [1.165, 1.54) is 0 Å². The Hall–Kier alpha value is -0.770. The molecule has 14 heavy (non-hydrogen) atoms. The molecule has 0 fully saturated rings. The summed E-state index contributed by atoms with van der Waals surface area (Å²) in [6, 6.07) is 7.39. The maximum Gasteiger partial charge on any atom is 0.0899 e. The van der Waals surface area contributed by atoms with Crippen molar-refractivity contribution in [1.29, 1.82) is 0 Å². The number of nitrogens with one attached hydrogen (secondary N) is 1. The van der Waals surface area contributed by atoms with Crippen LogP contribution in [0.5, 0.6) is 0 Å². The fraction of sp³-hybridized carbons (Fsp3) is 0.222. The number of rotatable bonds is 5. The van der Waals surface area contributed by atoms with E-state index in [1.54, 1.807) is 12.3 Å². The van der Waals surface area contributed by atoms with Crippen molar-refractivity contribution in [2.75, 3.05) is 12.5 Å². The minimum atomic E-state index is 0.404. The van der Waals surface area contributed by atoms with Gasteiger partial charge < -0.3 is 0 Å². The Bertz CT molecular complexity index is 305. The zero-order chi connectivity index (χ0) is 10.2. The van der Waals surface area contributed by atoms with Crippen molar-refractivity contribution in [3.05, 3.63) is 34.9 Å². The predicted molar refractivity (Wildman–Crippen MR) is 58.9 cm³/mol. The number of halogens is 2. The maximum absolute atomic E-state index is 5.88. The van der Waals surface area contributed by atoms with Gasteiger partial charge in [0, 0.05) is 16.5 Å². The quantitative estimate of drug-likeness (QED) is 0.366. The summed E-state index contributed by atoms with van der Waals surface area (Å²) in [5, 5.41) is 4.45. The summed E-state index contributed by atoms with van der Waals surface area (Å²) in [5.74, 6) is 0.425. The smallest absolute Gasteiger partial charge is 0.0899 e. The van der Waals surface area contributed by atoms with Gasteiger partial charge in [-0.2, -0.15) is 10.7 Å². The number of hydrogen-bond donors (Lipinski definition) is 1. The van der Waals surface area contributed by atoms with E-state index in [2.05, 4.69) is 10.7 Å². The lowest BCUT2D eigenvalue weighted by Gasteiger charge is -1.98. The van der Waals surface area contributed by atoms with Gasteiger partial charge in [-0.25, -0.2) is 0 Å². The third-order valence-electron chi connectivity index (χ3n) is 1.41. The number of hydrogen-bond acceptors (Lipinski definition) is 3. The molecule has 0 bridgehead atoms. The van der Waals surface area contributed by atoms with E-state index in [-0.39, 0.29) is 0 Å². The van der Waals surface area contributed by atoms with Gasteiger partial charge >= 0.3 is 0 Å². The molecular formula is C9H10Cl2N2O. The molecule has 0 aliphatic heterocycles. The van der Waals surface area contributed by atoms with Crippen LogP contribution in [-0.2, 0) is 4.84 Å². The molecule has 0 aliphatic carbocycles. The molecule has 0 saturated carbocycles. The fourth-order valence-corrected chi connectivity index (χ4v) is 1.06. The third kappa shape index (κ3) is 3.96. The second-order valence-corrected chi connectivity index (χ2v) is 3.19. The van der Waals surface area contributed by atoms with Crippen molar-refractivity contribution in [3.8, 4) is 0 Å². The maximum atomic E-state index is 5.88. The van der Waals surface area contributed by atoms with E-state index in [4.69, 9.17) is 28.0 Å². The lowest BCUT2D eigenvalue weighted by atomic mass is 10.2. The van der Waals surface area contributed by atoms with Crippen molar-refractivity contribution < 1.29 is 4.84 Å². The molecule has 1 aromatic carbocycles. The number of hydrazone groups is 1. The van der Waals surface area contributed by atoms with Crippen molar-refractivity contribution in [1.82, 2.24) is 5.59 Å². The Morgan fingerprint density at radius 3 is 2.93 bits per heavy atom. The highest BCUT2D eigenvalue weighted by Gasteiger charge is 1.92. The Balaban J connectivity index is 2.40. The van der Waals surface area contributed by atoms with Crippen LogP contribution in [0.1, 0.15) is 5.56 Å². The first-order chi connectivity index (χ1) is 6.84. The minimum Gasteiger partial charge on any atom is -0.258 e.